The summed E-state index contributed by atoms with van der Waals surface area (Å²) in [6.45, 7) is 7.20. The first kappa shape index (κ1) is 33.4. The van der Waals surface area contributed by atoms with Crippen LogP contribution in [-0.4, -0.2) is 58.5 Å². The van der Waals surface area contributed by atoms with Crippen molar-refractivity contribution >= 4 is 27.5 Å². The molecule has 0 heterocycles. The van der Waals surface area contributed by atoms with Gasteiger partial charge in [0, 0.05) is 19.2 Å². The van der Waals surface area contributed by atoms with Gasteiger partial charge < -0.3 is 19.7 Å². The molecule has 0 saturated heterocycles. The number of halogens is 1. The lowest BCUT2D eigenvalue weighted by molar-refractivity contribution is -0.140. The second-order valence-electron chi connectivity index (χ2n) is 10.2. The summed E-state index contributed by atoms with van der Waals surface area (Å²) in [5.41, 5.74) is 2.51. The molecule has 0 aliphatic carbocycles. The summed E-state index contributed by atoms with van der Waals surface area (Å²) in [6.07, 6.45) is 0.993. The van der Waals surface area contributed by atoms with E-state index in [9.17, 15) is 22.4 Å². The smallest absolute Gasteiger partial charge is 0.264 e. The van der Waals surface area contributed by atoms with Crippen molar-refractivity contribution in [1.82, 2.24) is 10.2 Å². The monoisotopic (exact) mass is 613 g/mol. The Hall–Kier alpha value is -4.12. The van der Waals surface area contributed by atoms with Crippen LogP contribution >= 0.6 is 0 Å². The van der Waals surface area contributed by atoms with E-state index in [2.05, 4.69) is 5.32 Å². The summed E-state index contributed by atoms with van der Waals surface area (Å²) in [7, 11) is -1.47. The van der Waals surface area contributed by atoms with Gasteiger partial charge in [-0.15, -0.1) is 0 Å². The molecule has 3 rings (SSSR count). The quantitative estimate of drug-likeness (QED) is 0.275. The Kier molecular flexibility index (Phi) is 11.5. The maximum absolute atomic E-state index is 14.2. The molecule has 9 nitrogen and oxygen atoms in total. The number of sulfonamides is 1. The molecular weight excluding hydrogens is 573 g/mol. The zero-order valence-corrected chi connectivity index (χ0v) is 26.3. The molecule has 3 aromatic carbocycles. The number of methoxy groups -OCH3 is 2. The zero-order chi connectivity index (χ0) is 31.7. The Morgan fingerprint density at radius 2 is 1.53 bits per heavy atom. The van der Waals surface area contributed by atoms with E-state index in [0.29, 0.717) is 30.0 Å². The van der Waals surface area contributed by atoms with Crippen LogP contribution in [0.4, 0.5) is 10.1 Å². The van der Waals surface area contributed by atoms with Crippen LogP contribution in [0.15, 0.2) is 65.6 Å². The number of anilines is 1. The molecule has 0 spiro atoms. The normalized spacial score (nSPS) is 11.9. The summed E-state index contributed by atoms with van der Waals surface area (Å²) in [5, 5.41) is 2.84. The molecule has 11 heteroatoms. The summed E-state index contributed by atoms with van der Waals surface area (Å²) in [6, 6.07) is 14.2. The Balaban J connectivity index is 2.12. The number of hydrogen-bond donors (Lipinski definition) is 1. The highest BCUT2D eigenvalue weighted by molar-refractivity contribution is 7.92. The number of nitrogens with zero attached hydrogens (tertiary/aromatic N) is 2. The Morgan fingerprint density at radius 1 is 0.907 bits per heavy atom. The fourth-order valence-electron chi connectivity index (χ4n) is 4.80. The molecule has 1 unspecified atom stereocenters. The first-order valence-corrected chi connectivity index (χ1v) is 15.5. The van der Waals surface area contributed by atoms with Gasteiger partial charge >= 0.3 is 0 Å². The average Bonchev–Trinajstić information content (AvgIpc) is 2.98. The summed E-state index contributed by atoms with van der Waals surface area (Å²) in [5.74, 6) is -0.806. The van der Waals surface area contributed by atoms with Gasteiger partial charge in [0.05, 0.1) is 24.8 Å². The summed E-state index contributed by atoms with van der Waals surface area (Å²) in [4.78, 5) is 28.6. The van der Waals surface area contributed by atoms with E-state index in [4.69, 9.17) is 9.47 Å². The predicted molar refractivity (Wildman–Crippen MR) is 164 cm³/mol. The summed E-state index contributed by atoms with van der Waals surface area (Å²) >= 11 is 0. The van der Waals surface area contributed by atoms with Gasteiger partial charge in [0.15, 0.2) is 11.5 Å². The molecule has 43 heavy (non-hydrogen) atoms. The van der Waals surface area contributed by atoms with Gasteiger partial charge in [0.2, 0.25) is 11.8 Å². The first-order valence-electron chi connectivity index (χ1n) is 14.1. The maximum atomic E-state index is 14.2. The fraction of sp³-hybridized carbons (Fsp3) is 0.375. The van der Waals surface area contributed by atoms with Gasteiger partial charge in [0.1, 0.15) is 18.4 Å². The molecule has 0 fully saturated rings. The lowest BCUT2D eigenvalue weighted by atomic mass is 10.1. The molecule has 0 aliphatic rings. The van der Waals surface area contributed by atoms with Gasteiger partial charge in [-0.3, -0.25) is 13.9 Å². The molecule has 0 radical (unpaired) electrons. The Bertz CT molecular complexity index is 1510. The average molecular weight is 614 g/mol. The molecule has 0 bridgehead atoms. The molecule has 2 amide bonds. The number of carbonyl (C=O) groups excluding carboxylic acids is 2. The standard InChI is InChI=1S/C32H40FN3O6S/c1-7-15-34-32(38)28(8-2)35(20-24-9-11-25(33)12-10-24)31(37)21-36(26-17-22(3)16-23(4)18-26)43(39,40)27-13-14-29(41-5)30(19-27)42-6/h9-14,16-19,28H,7-8,15,20-21H2,1-6H3,(H,34,38). The number of nitrogens with one attached hydrogen (secondary N) is 1. The van der Waals surface area contributed by atoms with Crippen LogP contribution < -0.4 is 19.1 Å². The molecule has 0 saturated carbocycles. The van der Waals surface area contributed by atoms with Gasteiger partial charge in [0.25, 0.3) is 10.0 Å². The van der Waals surface area contributed by atoms with Crippen molar-refractivity contribution < 1.29 is 31.9 Å². The number of benzene rings is 3. The minimum Gasteiger partial charge on any atom is -0.493 e. The van der Waals surface area contributed by atoms with Crippen molar-refractivity contribution in [3.05, 3.63) is 83.2 Å². The highest BCUT2D eigenvalue weighted by Gasteiger charge is 2.34. The topological polar surface area (TPSA) is 105 Å². The van der Waals surface area contributed by atoms with Crippen LogP contribution in [0.3, 0.4) is 0 Å². The largest absolute Gasteiger partial charge is 0.493 e. The SMILES string of the molecule is CCCNC(=O)C(CC)N(Cc1ccc(F)cc1)C(=O)CN(c1cc(C)cc(C)c1)S(=O)(=O)c1ccc(OC)c(OC)c1. The number of hydrogen-bond acceptors (Lipinski definition) is 6. The molecular formula is C32H40FN3O6S. The molecule has 3 aromatic rings. The number of amides is 2. The van der Waals surface area contributed by atoms with E-state index in [1.807, 2.05) is 26.8 Å². The molecule has 0 aliphatic heterocycles. The number of ether oxygens (including phenoxy) is 2. The number of rotatable bonds is 14. The second kappa shape index (κ2) is 14.9. The molecule has 1 atom stereocenters. The van der Waals surface area contributed by atoms with Crippen molar-refractivity contribution in [2.45, 2.75) is 58.0 Å². The maximum Gasteiger partial charge on any atom is 0.264 e. The van der Waals surface area contributed by atoms with Crippen LogP contribution in [0.2, 0.25) is 0 Å². The van der Waals surface area contributed by atoms with E-state index in [1.54, 1.807) is 19.1 Å². The molecule has 1 N–H and O–H groups in total. The summed E-state index contributed by atoms with van der Waals surface area (Å²) < 4.78 is 53.8. The van der Waals surface area contributed by atoms with Crippen LogP contribution in [0.25, 0.3) is 0 Å². The highest BCUT2D eigenvalue weighted by Crippen LogP contribution is 2.33. The van der Waals surface area contributed by atoms with E-state index in [0.717, 1.165) is 15.4 Å². The van der Waals surface area contributed by atoms with Crippen molar-refractivity contribution in [3.63, 3.8) is 0 Å². The Morgan fingerprint density at radius 3 is 2.09 bits per heavy atom. The van der Waals surface area contributed by atoms with E-state index in [1.165, 1.54) is 61.6 Å². The first-order chi connectivity index (χ1) is 20.4. The van der Waals surface area contributed by atoms with Crippen LogP contribution in [0, 0.1) is 19.7 Å². The fourth-order valence-corrected chi connectivity index (χ4v) is 6.21. The Labute approximate surface area is 253 Å². The third kappa shape index (κ3) is 8.25. The van der Waals surface area contributed by atoms with Gasteiger partial charge in [-0.25, -0.2) is 12.8 Å². The van der Waals surface area contributed by atoms with Gasteiger partial charge in [-0.2, -0.15) is 0 Å². The van der Waals surface area contributed by atoms with E-state index in [-0.39, 0.29) is 29.5 Å². The van der Waals surface area contributed by atoms with Crippen molar-refractivity contribution in [2.75, 3.05) is 31.6 Å². The van der Waals surface area contributed by atoms with Gasteiger partial charge in [-0.1, -0.05) is 32.0 Å². The van der Waals surface area contributed by atoms with Crippen molar-refractivity contribution in [1.29, 1.82) is 0 Å². The van der Waals surface area contributed by atoms with E-state index < -0.39 is 34.3 Å². The van der Waals surface area contributed by atoms with Crippen LogP contribution in [0.5, 0.6) is 11.5 Å². The highest BCUT2D eigenvalue weighted by atomic mass is 32.2. The minimum absolute atomic E-state index is 0.0196. The van der Waals surface area contributed by atoms with Gasteiger partial charge in [-0.05, 0) is 79.8 Å². The second-order valence-corrected chi connectivity index (χ2v) is 12.1. The lowest BCUT2D eigenvalue weighted by Gasteiger charge is -2.33. The number of carbonyl (C=O) groups is 2. The third-order valence-corrected chi connectivity index (χ3v) is 8.69. The van der Waals surface area contributed by atoms with Crippen molar-refractivity contribution in [3.8, 4) is 11.5 Å². The predicted octanol–water partition coefficient (Wildman–Crippen LogP) is 4.99. The number of aryl methyl sites for hydroxylation is 2. The third-order valence-electron chi connectivity index (χ3n) is 6.92. The van der Waals surface area contributed by atoms with Crippen molar-refractivity contribution in [2.24, 2.45) is 0 Å². The van der Waals surface area contributed by atoms with Crippen LogP contribution in [-0.2, 0) is 26.2 Å². The minimum atomic E-state index is -4.32. The molecule has 0 aromatic heterocycles. The van der Waals surface area contributed by atoms with Crippen LogP contribution in [0.1, 0.15) is 43.4 Å². The zero-order valence-electron chi connectivity index (χ0n) is 25.5. The molecule has 232 valence electrons. The van der Waals surface area contributed by atoms with E-state index >= 15 is 0 Å². The lowest BCUT2D eigenvalue weighted by Crippen LogP contribution is -2.52.